The van der Waals surface area contributed by atoms with Gasteiger partial charge in [0.15, 0.2) is 5.13 Å². The summed E-state index contributed by atoms with van der Waals surface area (Å²) in [5.74, 6) is 0.00914. The lowest BCUT2D eigenvalue weighted by Crippen LogP contribution is -2.48. The fourth-order valence-electron chi connectivity index (χ4n) is 3.30. The summed E-state index contributed by atoms with van der Waals surface area (Å²) in [6, 6.07) is 16.5. The van der Waals surface area contributed by atoms with E-state index in [1.165, 1.54) is 17.0 Å². The van der Waals surface area contributed by atoms with Crippen molar-refractivity contribution in [3.8, 4) is 0 Å². The van der Waals surface area contributed by atoms with Crippen LogP contribution in [0.15, 0.2) is 48.5 Å². The lowest BCUT2D eigenvalue weighted by atomic mass is 10.2. The lowest BCUT2D eigenvalue weighted by Gasteiger charge is -2.35. The first kappa shape index (κ1) is 17.0. The quantitative estimate of drug-likeness (QED) is 0.769. The highest BCUT2D eigenvalue weighted by atomic mass is 32.1. The van der Waals surface area contributed by atoms with Gasteiger partial charge in [0.25, 0.3) is 0 Å². The van der Waals surface area contributed by atoms with Gasteiger partial charge in [0.05, 0.1) is 16.8 Å². The normalized spacial score (nSPS) is 15.3. The number of aryl methyl sites for hydroxylation is 1. The molecule has 1 amide bonds. The zero-order valence-electron chi connectivity index (χ0n) is 14.8. The van der Waals surface area contributed by atoms with Gasteiger partial charge < -0.3 is 10.2 Å². The number of piperazine rings is 1. The molecule has 0 bridgehead atoms. The highest BCUT2D eigenvalue weighted by Crippen LogP contribution is 2.27. The second kappa shape index (κ2) is 7.43. The van der Waals surface area contributed by atoms with Crippen LogP contribution in [0.25, 0.3) is 10.2 Å². The summed E-state index contributed by atoms with van der Waals surface area (Å²) in [5, 5.41) is 3.64. The van der Waals surface area contributed by atoms with Crippen LogP contribution in [-0.4, -0.2) is 48.5 Å². The maximum atomic E-state index is 12.4. The third-order valence-electron chi connectivity index (χ3n) is 4.73. The van der Waals surface area contributed by atoms with Crippen LogP contribution in [0.1, 0.15) is 5.56 Å². The molecule has 0 saturated carbocycles. The topological polar surface area (TPSA) is 48.5 Å². The van der Waals surface area contributed by atoms with Crippen molar-refractivity contribution in [2.24, 2.45) is 0 Å². The molecule has 1 fully saturated rings. The molecule has 5 nitrogen and oxygen atoms in total. The number of hydrogen-bond acceptors (Lipinski definition) is 5. The Morgan fingerprint density at radius 2 is 1.85 bits per heavy atom. The number of para-hydroxylation sites is 2. The molecule has 0 atom stereocenters. The predicted octanol–water partition coefficient (Wildman–Crippen LogP) is 3.37. The van der Waals surface area contributed by atoms with Crippen LogP contribution in [0, 0.1) is 6.92 Å². The van der Waals surface area contributed by atoms with Gasteiger partial charge in [0, 0.05) is 31.9 Å². The molecule has 0 unspecified atom stereocenters. The molecule has 0 spiro atoms. The number of nitrogens with zero attached hydrogens (tertiary/aromatic N) is 3. The number of hydrogen-bond donors (Lipinski definition) is 1. The molecule has 1 aliphatic rings. The first-order chi connectivity index (χ1) is 12.7. The van der Waals surface area contributed by atoms with Gasteiger partial charge in [-0.1, -0.05) is 41.7 Å². The molecule has 1 aromatic heterocycles. The number of aromatic nitrogens is 1. The lowest BCUT2D eigenvalue weighted by molar-refractivity contribution is -0.117. The van der Waals surface area contributed by atoms with Gasteiger partial charge in [-0.05, 0) is 30.7 Å². The Balaban J connectivity index is 1.32. The summed E-state index contributed by atoms with van der Waals surface area (Å²) >= 11 is 1.53. The van der Waals surface area contributed by atoms with Crippen molar-refractivity contribution in [2.75, 3.05) is 42.9 Å². The molecule has 0 radical (unpaired) electrons. The van der Waals surface area contributed by atoms with E-state index in [0.717, 1.165) is 42.0 Å². The largest absolute Gasteiger partial charge is 0.369 e. The number of fused-ring (bicyclic) bond motifs is 1. The molecule has 134 valence electrons. The minimum absolute atomic E-state index is 0.00914. The Labute approximate surface area is 157 Å². The van der Waals surface area contributed by atoms with Gasteiger partial charge in [0.2, 0.25) is 5.91 Å². The molecule has 26 heavy (non-hydrogen) atoms. The molecule has 3 aromatic rings. The highest BCUT2D eigenvalue weighted by Gasteiger charge is 2.19. The van der Waals surface area contributed by atoms with E-state index in [2.05, 4.69) is 44.4 Å². The summed E-state index contributed by atoms with van der Waals surface area (Å²) in [6.07, 6.45) is 0. The number of carbonyl (C=O) groups excluding carboxylic acids is 1. The van der Waals surface area contributed by atoms with E-state index < -0.39 is 0 Å². The van der Waals surface area contributed by atoms with Gasteiger partial charge in [-0.2, -0.15) is 0 Å². The van der Waals surface area contributed by atoms with E-state index in [4.69, 9.17) is 0 Å². The van der Waals surface area contributed by atoms with Crippen LogP contribution in [0.2, 0.25) is 0 Å². The summed E-state index contributed by atoms with van der Waals surface area (Å²) in [6.45, 7) is 6.12. The number of rotatable bonds is 4. The first-order valence-electron chi connectivity index (χ1n) is 8.87. The number of carbonyl (C=O) groups is 1. The molecule has 2 aromatic carbocycles. The van der Waals surface area contributed by atoms with Crippen LogP contribution in [0.5, 0.6) is 0 Å². The van der Waals surface area contributed by atoms with Crippen molar-refractivity contribution in [3.05, 3.63) is 54.1 Å². The third-order valence-corrected chi connectivity index (χ3v) is 5.66. The summed E-state index contributed by atoms with van der Waals surface area (Å²) in [4.78, 5) is 21.5. The van der Waals surface area contributed by atoms with Gasteiger partial charge in [-0.25, -0.2) is 4.98 Å². The first-order valence-corrected chi connectivity index (χ1v) is 9.69. The monoisotopic (exact) mass is 366 g/mol. The van der Waals surface area contributed by atoms with Crippen molar-refractivity contribution in [1.82, 2.24) is 9.88 Å². The molecule has 4 rings (SSSR count). The summed E-state index contributed by atoms with van der Waals surface area (Å²) in [7, 11) is 0. The van der Waals surface area contributed by atoms with E-state index >= 15 is 0 Å². The second-order valence-corrected chi connectivity index (χ2v) is 7.62. The van der Waals surface area contributed by atoms with Crippen LogP contribution in [-0.2, 0) is 4.79 Å². The zero-order chi connectivity index (χ0) is 17.9. The summed E-state index contributed by atoms with van der Waals surface area (Å²) in [5.41, 5.74) is 3.36. The molecule has 1 aliphatic heterocycles. The zero-order valence-corrected chi connectivity index (χ0v) is 15.6. The minimum Gasteiger partial charge on any atom is -0.369 e. The maximum Gasteiger partial charge on any atom is 0.240 e. The molecule has 0 aliphatic carbocycles. The van der Waals surface area contributed by atoms with Crippen LogP contribution in [0.4, 0.5) is 10.8 Å². The van der Waals surface area contributed by atoms with E-state index in [-0.39, 0.29) is 5.91 Å². The van der Waals surface area contributed by atoms with Crippen LogP contribution in [0.3, 0.4) is 0 Å². The van der Waals surface area contributed by atoms with Crippen molar-refractivity contribution in [2.45, 2.75) is 6.92 Å². The number of benzene rings is 2. The van der Waals surface area contributed by atoms with Gasteiger partial charge in [0.1, 0.15) is 0 Å². The van der Waals surface area contributed by atoms with Crippen molar-refractivity contribution >= 4 is 38.3 Å². The maximum absolute atomic E-state index is 12.4. The fourth-order valence-corrected chi connectivity index (χ4v) is 4.26. The van der Waals surface area contributed by atoms with Crippen LogP contribution < -0.4 is 10.2 Å². The van der Waals surface area contributed by atoms with Crippen molar-refractivity contribution in [3.63, 3.8) is 0 Å². The fraction of sp³-hybridized carbons (Fsp3) is 0.300. The number of thiazole rings is 1. The molecule has 1 N–H and O–H groups in total. The molecule has 2 heterocycles. The Morgan fingerprint density at radius 3 is 2.58 bits per heavy atom. The van der Waals surface area contributed by atoms with Gasteiger partial charge in [-0.3, -0.25) is 9.69 Å². The van der Waals surface area contributed by atoms with E-state index in [9.17, 15) is 4.79 Å². The number of amides is 1. The average Bonchev–Trinajstić information content (AvgIpc) is 3.07. The average molecular weight is 366 g/mol. The van der Waals surface area contributed by atoms with Crippen molar-refractivity contribution in [1.29, 1.82) is 0 Å². The van der Waals surface area contributed by atoms with Gasteiger partial charge in [-0.15, -0.1) is 0 Å². The highest BCUT2D eigenvalue weighted by molar-refractivity contribution is 7.22. The van der Waals surface area contributed by atoms with E-state index in [1.807, 2.05) is 31.2 Å². The van der Waals surface area contributed by atoms with Gasteiger partial charge >= 0.3 is 0 Å². The smallest absolute Gasteiger partial charge is 0.240 e. The molecule has 6 heteroatoms. The summed E-state index contributed by atoms with van der Waals surface area (Å²) < 4.78 is 1.11. The second-order valence-electron chi connectivity index (χ2n) is 6.59. The van der Waals surface area contributed by atoms with Crippen LogP contribution >= 0.6 is 11.3 Å². The van der Waals surface area contributed by atoms with E-state index in [0.29, 0.717) is 11.7 Å². The molecular weight excluding hydrogens is 344 g/mol. The van der Waals surface area contributed by atoms with E-state index in [1.54, 1.807) is 0 Å². The Bertz CT molecular complexity index is 901. The van der Waals surface area contributed by atoms with Crippen molar-refractivity contribution < 1.29 is 4.79 Å². The minimum atomic E-state index is 0.00914. The molecular formula is C20H22N4OS. The predicted molar refractivity (Wildman–Crippen MR) is 108 cm³/mol. The Kier molecular flexibility index (Phi) is 4.86. The SMILES string of the molecule is Cc1cccc2sc(NC(=O)CN3CCN(c4ccccc4)CC3)nc12. The Hall–Kier alpha value is -2.44. The number of nitrogens with one attached hydrogen (secondary N) is 1. The standard InChI is InChI=1S/C20H22N4OS/c1-15-6-5-9-17-19(15)22-20(26-17)21-18(25)14-23-10-12-24(13-11-23)16-7-3-2-4-8-16/h2-9H,10-14H2,1H3,(H,21,22,25). The molecule has 1 saturated heterocycles. The third kappa shape index (κ3) is 3.71. The Morgan fingerprint density at radius 1 is 1.08 bits per heavy atom. The number of anilines is 2.